The summed E-state index contributed by atoms with van der Waals surface area (Å²) < 4.78 is 15.0. The second-order valence-electron chi connectivity index (χ2n) is 2.93. The van der Waals surface area contributed by atoms with Gasteiger partial charge in [-0.15, -0.1) is 0 Å². The molecule has 0 unspecified atom stereocenters. The Morgan fingerprint density at radius 1 is 1.40 bits per heavy atom. The first kappa shape index (κ1) is 12.1. The van der Waals surface area contributed by atoms with Crippen LogP contribution in [0.15, 0.2) is 4.52 Å². The zero-order valence-corrected chi connectivity index (χ0v) is 9.15. The molecule has 0 saturated carbocycles. The first-order valence-corrected chi connectivity index (χ1v) is 4.95. The third-order valence-electron chi connectivity index (χ3n) is 1.70. The quantitative estimate of drug-likeness (QED) is 0.631. The zero-order chi connectivity index (χ0) is 10.9. The van der Waals surface area contributed by atoms with Crippen LogP contribution in [0, 0.1) is 0 Å². The molecule has 0 fully saturated rings. The number of ether oxygens (including phenoxy) is 2. The van der Waals surface area contributed by atoms with Gasteiger partial charge in [-0.3, -0.25) is 0 Å². The normalized spacial score (nSPS) is 10.8. The van der Waals surface area contributed by atoms with Crippen LogP contribution in [0.4, 0.5) is 0 Å². The number of hydrogen-bond acceptors (Lipinski definition) is 6. The van der Waals surface area contributed by atoms with Crippen LogP contribution in [0.2, 0.25) is 0 Å². The largest absolute Gasteiger partial charge is 0.382 e. The lowest BCUT2D eigenvalue weighted by atomic mass is 10.5. The third kappa shape index (κ3) is 4.87. The summed E-state index contributed by atoms with van der Waals surface area (Å²) in [5.41, 5.74) is 0. The number of methoxy groups -OCH3 is 1. The van der Waals surface area contributed by atoms with Crippen LogP contribution in [0.5, 0.6) is 0 Å². The van der Waals surface area contributed by atoms with Crippen LogP contribution in [-0.2, 0) is 22.6 Å². The molecular formula is C9H17N3O3. The van der Waals surface area contributed by atoms with Crippen molar-refractivity contribution < 1.29 is 14.0 Å². The van der Waals surface area contributed by atoms with Gasteiger partial charge < -0.3 is 19.3 Å². The molecule has 0 bridgehead atoms. The van der Waals surface area contributed by atoms with E-state index in [1.165, 1.54) is 0 Å². The highest BCUT2D eigenvalue weighted by atomic mass is 16.5. The van der Waals surface area contributed by atoms with Crippen molar-refractivity contribution >= 4 is 0 Å². The average Bonchev–Trinajstić information content (AvgIpc) is 2.69. The van der Waals surface area contributed by atoms with Crippen molar-refractivity contribution in [1.82, 2.24) is 15.5 Å². The van der Waals surface area contributed by atoms with E-state index in [0.29, 0.717) is 38.1 Å². The first-order chi connectivity index (χ1) is 7.36. The fourth-order valence-corrected chi connectivity index (χ4v) is 0.959. The lowest BCUT2D eigenvalue weighted by molar-refractivity contribution is 0.0494. The van der Waals surface area contributed by atoms with Gasteiger partial charge >= 0.3 is 0 Å². The monoisotopic (exact) mass is 215 g/mol. The van der Waals surface area contributed by atoms with Gasteiger partial charge in [-0.25, -0.2) is 0 Å². The Kier molecular flexibility index (Phi) is 5.91. The van der Waals surface area contributed by atoms with E-state index in [1.54, 1.807) is 7.11 Å². The molecule has 0 aliphatic heterocycles. The van der Waals surface area contributed by atoms with Crippen LogP contribution < -0.4 is 5.32 Å². The minimum atomic E-state index is 0.336. The fraction of sp³-hybridized carbons (Fsp3) is 0.778. The van der Waals surface area contributed by atoms with Crippen molar-refractivity contribution in [2.45, 2.75) is 20.1 Å². The molecule has 1 rings (SSSR count). The van der Waals surface area contributed by atoms with Gasteiger partial charge in [0.05, 0.1) is 19.8 Å². The molecule has 0 amide bonds. The molecular weight excluding hydrogens is 198 g/mol. The third-order valence-corrected chi connectivity index (χ3v) is 1.70. The molecule has 0 aromatic carbocycles. The molecule has 0 spiro atoms. The SMILES string of the molecule is CCNCc1noc(COCCOC)n1. The van der Waals surface area contributed by atoms with E-state index in [0.717, 1.165) is 6.54 Å². The van der Waals surface area contributed by atoms with Gasteiger partial charge in [0.1, 0.15) is 6.61 Å². The lowest BCUT2D eigenvalue weighted by Crippen LogP contribution is -2.12. The van der Waals surface area contributed by atoms with Crippen LogP contribution in [-0.4, -0.2) is 37.0 Å². The van der Waals surface area contributed by atoms with Gasteiger partial charge in [0.15, 0.2) is 5.82 Å². The molecule has 86 valence electrons. The lowest BCUT2D eigenvalue weighted by Gasteiger charge is -1.98. The minimum Gasteiger partial charge on any atom is -0.382 e. The van der Waals surface area contributed by atoms with E-state index in [-0.39, 0.29) is 0 Å². The summed E-state index contributed by atoms with van der Waals surface area (Å²) >= 11 is 0. The predicted octanol–water partition coefficient (Wildman–Crippen LogP) is 0.342. The summed E-state index contributed by atoms with van der Waals surface area (Å²) in [7, 11) is 1.63. The Bertz CT molecular complexity index is 265. The molecule has 6 heteroatoms. The van der Waals surface area contributed by atoms with Gasteiger partial charge in [-0.2, -0.15) is 4.98 Å². The maximum atomic E-state index is 5.24. The molecule has 6 nitrogen and oxygen atoms in total. The molecule has 0 saturated heterocycles. The number of hydrogen-bond donors (Lipinski definition) is 1. The molecule has 1 N–H and O–H groups in total. The summed E-state index contributed by atoms with van der Waals surface area (Å²) in [6.45, 7) is 4.96. The summed E-state index contributed by atoms with van der Waals surface area (Å²) in [6.07, 6.45) is 0. The number of rotatable bonds is 8. The van der Waals surface area contributed by atoms with Crippen molar-refractivity contribution in [2.24, 2.45) is 0 Å². The standard InChI is InChI=1S/C9H17N3O3/c1-3-10-6-8-11-9(15-12-8)7-14-5-4-13-2/h10H,3-7H2,1-2H3. The van der Waals surface area contributed by atoms with Crippen LogP contribution in [0.3, 0.4) is 0 Å². The van der Waals surface area contributed by atoms with Gasteiger partial charge in [-0.1, -0.05) is 12.1 Å². The van der Waals surface area contributed by atoms with E-state index < -0.39 is 0 Å². The highest BCUT2D eigenvalue weighted by molar-refractivity contribution is 4.84. The topological polar surface area (TPSA) is 69.4 Å². The Morgan fingerprint density at radius 2 is 2.27 bits per heavy atom. The molecule has 1 aromatic rings. The number of nitrogens with zero attached hydrogens (tertiary/aromatic N) is 2. The van der Waals surface area contributed by atoms with E-state index in [1.807, 2.05) is 6.92 Å². The number of nitrogens with one attached hydrogen (secondary N) is 1. The summed E-state index contributed by atoms with van der Waals surface area (Å²) in [4.78, 5) is 4.14. The van der Waals surface area contributed by atoms with Gasteiger partial charge in [0, 0.05) is 7.11 Å². The zero-order valence-electron chi connectivity index (χ0n) is 9.15. The average molecular weight is 215 g/mol. The van der Waals surface area contributed by atoms with Crippen molar-refractivity contribution in [1.29, 1.82) is 0 Å². The second kappa shape index (κ2) is 7.33. The Hall–Kier alpha value is -0.980. The summed E-state index contributed by atoms with van der Waals surface area (Å²) in [6, 6.07) is 0. The van der Waals surface area contributed by atoms with Crippen molar-refractivity contribution in [3.05, 3.63) is 11.7 Å². The van der Waals surface area contributed by atoms with E-state index >= 15 is 0 Å². The highest BCUT2D eigenvalue weighted by Crippen LogP contribution is 1.98. The molecule has 0 aliphatic carbocycles. The molecule has 0 radical (unpaired) electrons. The molecule has 1 aromatic heterocycles. The molecule has 1 heterocycles. The highest BCUT2D eigenvalue weighted by Gasteiger charge is 2.04. The summed E-state index contributed by atoms with van der Waals surface area (Å²) in [5, 5.41) is 6.90. The van der Waals surface area contributed by atoms with Gasteiger partial charge in [0.2, 0.25) is 0 Å². The Balaban J connectivity index is 2.20. The van der Waals surface area contributed by atoms with Crippen LogP contribution >= 0.6 is 0 Å². The van der Waals surface area contributed by atoms with E-state index in [2.05, 4.69) is 15.5 Å². The fourth-order valence-electron chi connectivity index (χ4n) is 0.959. The summed E-state index contributed by atoms with van der Waals surface area (Å²) in [5.74, 6) is 1.15. The van der Waals surface area contributed by atoms with E-state index in [9.17, 15) is 0 Å². The molecule has 15 heavy (non-hydrogen) atoms. The van der Waals surface area contributed by atoms with Gasteiger partial charge in [-0.05, 0) is 6.54 Å². The van der Waals surface area contributed by atoms with Crippen LogP contribution in [0.1, 0.15) is 18.6 Å². The Labute approximate surface area is 88.9 Å². The Morgan fingerprint density at radius 3 is 3.00 bits per heavy atom. The minimum absolute atomic E-state index is 0.336. The smallest absolute Gasteiger partial charge is 0.252 e. The van der Waals surface area contributed by atoms with Crippen LogP contribution in [0.25, 0.3) is 0 Å². The van der Waals surface area contributed by atoms with Crippen molar-refractivity contribution in [2.75, 3.05) is 26.9 Å². The van der Waals surface area contributed by atoms with Crippen molar-refractivity contribution in [3.63, 3.8) is 0 Å². The van der Waals surface area contributed by atoms with Crippen molar-refractivity contribution in [3.8, 4) is 0 Å². The predicted molar refractivity (Wildman–Crippen MR) is 53.2 cm³/mol. The molecule has 0 aliphatic rings. The van der Waals surface area contributed by atoms with Gasteiger partial charge in [0.25, 0.3) is 5.89 Å². The second-order valence-corrected chi connectivity index (χ2v) is 2.93. The molecule has 0 atom stereocenters. The first-order valence-electron chi connectivity index (χ1n) is 4.95. The maximum Gasteiger partial charge on any atom is 0.252 e. The van der Waals surface area contributed by atoms with E-state index in [4.69, 9.17) is 14.0 Å². The number of aromatic nitrogens is 2. The maximum absolute atomic E-state index is 5.24.